The standard InChI is InChI=1S/C21H29N3O3/c1-7-16(8-2)22-18-12-17(9-3)23-21(19(18)24(25)26)27-20-14(5)10-13(4)11-15(20)6/h10-12,16H,7-9H2,1-6H3,(H,22,23). The van der Waals surface area contributed by atoms with E-state index in [1.165, 1.54) is 0 Å². The van der Waals surface area contributed by atoms with E-state index in [1.807, 2.05) is 39.8 Å². The minimum atomic E-state index is -0.411. The zero-order valence-corrected chi connectivity index (χ0v) is 17.0. The molecule has 0 aliphatic carbocycles. The van der Waals surface area contributed by atoms with Gasteiger partial charge in [0, 0.05) is 11.7 Å². The van der Waals surface area contributed by atoms with Crippen LogP contribution in [0.3, 0.4) is 0 Å². The van der Waals surface area contributed by atoms with Crippen LogP contribution in [-0.4, -0.2) is 15.9 Å². The van der Waals surface area contributed by atoms with E-state index in [9.17, 15) is 10.1 Å². The molecule has 0 atom stereocenters. The number of hydrogen-bond donors (Lipinski definition) is 1. The highest BCUT2D eigenvalue weighted by Crippen LogP contribution is 2.39. The van der Waals surface area contributed by atoms with Crippen molar-refractivity contribution < 1.29 is 9.66 Å². The second-order valence-electron chi connectivity index (χ2n) is 6.91. The summed E-state index contributed by atoms with van der Waals surface area (Å²) in [4.78, 5) is 15.9. The number of benzene rings is 1. The Kier molecular flexibility index (Phi) is 6.77. The molecule has 1 aromatic heterocycles. The average Bonchev–Trinajstić information content (AvgIpc) is 2.61. The fourth-order valence-corrected chi connectivity index (χ4v) is 3.24. The summed E-state index contributed by atoms with van der Waals surface area (Å²) in [5.74, 6) is 0.667. The van der Waals surface area contributed by atoms with Gasteiger partial charge in [0.1, 0.15) is 11.4 Å². The molecule has 0 radical (unpaired) electrons. The van der Waals surface area contributed by atoms with Gasteiger partial charge in [-0.2, -0.15) is 0 Å². The van der Waals surface area contributed by atoms with E-state index in [0.717, 1.165) is 35.2 Å². The van der Waals surface area contributed by atoms with E-state index < -0.39 is 4.92 Å². The Bertz CT molecular complexity index is 807. The van der Waals surface area contributed by atoms with Crippen LogP contribution >= 0.6 is 0 Å². The Balaban J connectivity index is 2.59. The van der Waals surface area contributed by atoms with Crippen LogP contribution in [0.15, 0.2) is 18.2 Å². The monoisotopic (exact) mass is 371 g/mol. The molecule has 0 saturated carbocycles. The van der Waals surface area contributed by atoms with Gasteiger partial charge in [-0.15, -0.1) is 0 Å². The van der Waals surface area contributed by atoms with Crippen LogP contribution in [0.25, 0.3) is 0 Å². The van der Waals surface area contributed by atoms with E-state index in [0.29, 0.717) is 17.9 Å². The van der Waals surface area contributed by atoms with Gasteiger partial charge in [0.25, 0.3) is 0 Å². The lowest BCUT2D eigenvalue weighted by atomic mass is 10.1. The smallest absolute Gasteiger partial charge is 0.354 e. The summed E-state index contributed by atoms with van der Waals surface area (Å²) in [5, 5.41) is 15.2. The summed E-state index contributed by atoms with van der Waals surface area (Å²) >= 11 is 0. The number of hydrogen-bond acceptors (Lipinski definition) is 5. The molecule has 1 heterocycles. The Labute approximate surface area is 161 Å². The number of anilines is 1. The first-order chi connectivity index (χ1) is 12.8. The third-order valence-corrected chi connectivity index (χ3v) is 4.71. The highest BCUT2D eigenvalue weighted by Gasteiger charge is 2.27. The first-order valence-corrected chi connectivity index (χ1v) is 9.51. The molecule has 0 amide bonds. The van der Waals surface area contributed by atoms with E-state index in [2.05, 4.69) is 24.1 Å². The minimum absolute atomic E-state index is 0.0443. The minimum Gasteiger partial charge on any atom is -0.433 e. The van der Waals surface area contributed by atoms with Crippen LogP contribution in [0.5, 0.6) is 11.6 Å². The molecule has 1 N–H and O–H groups in total. The molecule has 6 nitrogen and oxygen atoms in total. The van der Waals surface area contributed by atoms with Crippen LogP contribution in [-0.2, 0) is 6.42 Å². The fourth-order valence-electron chi connectivity index (χ4n) is 3.24. The maximum Gasteiger partial charge on any atom is 0.354 e. The van der Waals surface area contributed by atoms with Crippen molar-refractivity contribution in [3.63, 3.8) is 0 Å². The Morgan fingerprint density at radius 1 is 1.11 bits per heavy atom. The zero-order chi connectivity index (χ0) is 20.1. The molecule has 6 heteroatoms. The fraction of sp³-hybridized carbons (Fsp3) is 0.476. The molecule has 1 aromatic carbocycles. The van der Waals surface area contributed by atoms with Crippen molar-refractivity contribution in [1.82, 2.24) is 4.98 Å². The highest BCUT2D eigenvalue weighted by molar-refractivity contribution is 5.68. The molecule has 146 valence electrons. The lowest BCUT2D eigenvalue weighted by Crippen LogP contribution is -2.18. The number of aromatic nitrogens is 1. The largest absolute Gasteiger partial charge is 0.433 e. The molecule has 0 aliphatic rings. The molecular formula is C21H29N3O3. The van der Waals surface area contributed by atoms with E-state index >= 15 is 0 Å². The van der Waals surface area contributed by atoms with Gasteiger partial charge in [-0.1, -0.05) is 38.5 Å². The summed E-state index contributed by atoms with van der Waals surface area (Å²) in [5.41, 5.74) is 4.10. The van der Waals surface area contributed by atoms with E-state index in [4.69, 9.17) is 4.74 Å². The number of nitro groups is 1. The van der Waals surface area contributed by atoms with Gasteiger partial charge in [0.15, 0.2) is 0 Å². The molecule has 0 fully saturated rings. The molecule has 0 bridgehead atoms. The topological polar surface area (TPSA) is 77.3 Å². The number of aryl methyl sites for hydroxylation is 4. The molecular weight excluding hydrogens is 342 g/mol. The van der Waals surface area contributed by atoms with Crippen molar-refractivity contribution in [1.29, 1.82) is 0 Å². The van der Waals surface area contributed by atoms with Crippen molar-refractivity contribution in [2.75, 3.05) is 5.32 Å². The molecule has 0 saturated heterocycles. The summed E-state index contributed by atoms with van der Waals surface area (Å²) in [6.45, 7) is 12.0. The first kappa shape index (κ1) is 20.7. The Morgan fingerprint density at radius 3 is 2.19 bits per heavy atom. The maximum atomic E-state index is 11.9. The van der Waals surface area contributed by atoms with Crippen molar-refractivity contribution in [3.8, 4) is 11.6 Å². The second kappa shape index (κ2) is 8.84. The quantitative estimate of drug-likeness (QED) is 0.464. The third kappa shape index (κ3) is 4.76. The number of rotatable bonds is 8. The summed E-state index contributed by atoms with van der Waals surface area (Å²) in [7, 11) is 0. The van der Waals surface area contributed by atoms with Crippen LogP contribution < -0.4 is 10.1 Å². The molecule has 0 spiro atoms. The molecule has 2 rings (SSSR count). The number of nitrogens with one attached hydrogen (secondary N) is 1. The van der Waals surface area contributed by atoms with E-state index in [-0.39, 0.29) is 17.6 Å². The summed E-state index contributed by atoms with van der Waals surface area (Å²) in [6, 6.07) is 5.92. The van der Waals surface area contributed by atoms with Crippen LogP contribution in [0, 0.1) is 30.9 Å². The number of pyridine rings is 1. The van der Waals surface area contributed by atoms with Gasteiger partial charge in [0.2, 0.25) is 0 Å². The SMILES string of the molecule is CCc1cc(NC(CC)CC)c([N+](=O)[O-])c(Oc2c(C)cc(C)cc2C)n1. The van der Waals surface area contributed by atoms with Gasteiger partial charge < -0.3 is 10.1 Å². The maximum absolute atomic E-state index is 11.9. The van der Waals surface area contributed by atoms with Crippen LogP contribution in [0.2, 0.25) is 0 Å². The van der Waals surface area contributed by atoms with Gasteiger partial charge in [-0.25, -0.2) is 4.98 Å². The second-order valence-corrected chi connectivity index (χ2v) is 6.91. The van der Waals surface area contributed by atoms with Crippen molar-refractivity contribution in [2.24, 2.45) is 0 Å². The summed E-state index contributed by atoms with van der Waals surface area (Å²) < 4.78 is 6.03. The molecule has 0 aliphatic heterocycles. The lowest BCUT2D eigenvalue weighted by molar-refractivity contribution is -0.385. The predicted molar refractivity (Wildman–Crippen MR) is 109 cm³/mol. The Hall–Kier alpha value is -2.63. The van der Waals surface area contributed by atoms with E-state index in [1.54, 1.807) is 6.07 Å². The number of ether oxygens (including phenoxy) is 1. The van der Waals surface area contributed by atoms with Gasteiger partial charge in [-0.05, 0) is 57.2 Å². The highest BCUT2D eigenvalue weighted by atomic mass is 16.6. The zero-order valence-electron chi connectivity index (χ0n) is 17.0. The normalized spacial score (nSPS) is 10.9. The third-order valence-electron chi connectivity index (χ3n) is 4.71. The van der Waals surface area contributed by atoms with Gasteiger partial charge >= 0.3 is 11.6 Å². The molecule has 0 unspecified atom stereocenters. The van der Waals surface area contributed by atoms with Gasteiger partial charge in [0.05, 0.1) is 4.92 Å². The summed E-state index contributed by atoms with van der Waals surface area (Å²) in [6.07, 6.45) is 2.42. The Morgan fingerprint density at radius 2 is 1.70 bits per heavy atom. The lowest BCUT2D eigenvalue weighted by Gasteiger charge is -2.19. The predicted octanol–water partition coefficient (Wildman–Crippen LogP) is 5.87. The van der Waals surface area contributed by atoms with Crippen molar-refractivity contribution in [2.45, 2.75) is 66.8 Å². The molecule has 2 aromatic rings. The van der Waals surface area contributed by atoms with Crippen molar-refractivity contribution in [3.05, 3.63) is 50.7 Å². The first-order valence-electron chi connectivity index (χ1n) is 9.51. The number of nitrogens with zero attached hydrogens (tertiary/aromatic N) is 2. The van der Waals surface area contributed by atoms with Crippen LogP contribution in [0.4, 0.5) is 11.4 Å². The van der Waals surface area contributed by atoms with Gasteiger partial charge in [-0.3, -0.25) is 10.1 Å². The van der Waals surface area contributed by atoms with Crippen LogP contribution in [0.1, 0.15) is 56.0 Å². The average molecular weight is 371 g/mol. The molecule has 27 heavy (non-hydrogen) atoms. The van der Waals surface area contributed by atoms with Crippen molar-refractivity contribution >= 4 is 11.4 Å².